The number of aromatic hydroxyl groups is 1. The molecule has 66 valence electrons. The largest absolute Gasteiger partial charge is 0.506 e. The third kappa shape index (κ3) is 1.17. The minimum Gasteiger partial charge on any atom is -0.506 e. The highest BCUT2D eigenvalue weighted by Gasteiger charge is 2.06. The molecule has 0 aliphatic carbocycles. The van der Waals surface area contributed by atoms with E-state index >= 15 is 0 Å². The van der Waals surface area contributed by atoms with Crippen molar-refractivity contribution in [2.75, 3.05) is 0 Å². The first-order valence-electron chi connectivity index (χ1n) is 3.67. The number of benzene rings is 1. The number of H-pyrrole nitrogens is 1. The summed E-state index contributed by atoms with van der Waals surface area (Å²) in [6, 6.07) is 3.08. The molecule has 1 aromatic heterocycles. The SMILES string of the molecule is O=Cc1[nH]cc2cc(O)c(Cl)cc12. The Balaban J connectivity index is 2.84. The molecule has 0 unspecified atom stereocenters. The highest BCUT2D eigenvalue weighted by atomic mass is 35.5. The molecule has 0 saturated heterocycles. The minimum atomic E-state index is 0.0191. The lowest BCUT2D eigenvalue weighted by Gasteiger charge is -1.96. The molecule has 0 aliphatic rings. The highest BCUT2D eigenvalue weighted by Crippen LogP contribution is 2.29. The zero-order valence-corrected chi connectivity index (χ0v) is 7.30. The second-order valence-corrected chi connectivity index (χ2v) is 3.12. The summed E-state index contributed by atoms with van der Waals surface area (Å²) in [6.07, 6.45) is 2.37. The van der Waals surface area contributed by atoms with E-state index in [0.29, 0.717) is 5.69 Å². The number of aromatic nitrogens is 1. The summed E-state index contributed by atoms with van der Waals surface area (Å²) < 4.78 is 0. The van der Waals surface area contributed by atoms with Crippen molar-refractivity contribution >= 4 is 28.7 Å². The smallest absolute Gasteiger partial charge is 0.166 e. The van der Waals surface area contributed by atoms with Gasteiger partial charge in [0.15, 0.2) is 6.29 Å². The number of hydrogen-bond donors (Lipinski definition) is 2. The lowest BCUT2D eigenvalue weighted by Crippen LogP contribution is -1.78. The van der Waals surface area contributed by atoms with E-state index in [-0.39, 0.29) is 10.8 Å². The molecule has 0 spiro atoms. The second kappa shape index (κ2) is 2.78. The maximum atomic E-state index is 10.5. The van der Waals surface area contributed by atoms with Crippen LogP contribution in [0.4, 0.5) is 0 Å². The fourth-order valence-corrected chi connectivity index (χ4v) is 1.43. The van der Waals surface area contributed by atoms with Gasteiger partial charge in [-0.25, -0.2) is 0 Å². The molecule has 0 radical (unpaired) electrons. The maximum absolute atomic E-state index is 10.5. The summed E-state index contributed by atoms with van der Waals surface area (Å²) >= 11 is 5.69. The number of hydrogen-bond acceptors (Lipinski definition) is 2. The molecule has 1 aromatic carbocycles. The molecule has 3 nitrogen and oxygen atoms in total. The summed E-state index contributed by atoms with van der Waals surface area (Å²) in [5, 5.41) is 11.0. The van der Waals surface area contributed by atoms with Crippen LogP contribution in [0.25, 0.3) is 10.8 Å². The van der Waals surface area contributed by atoms with E-state index in [1.165, 1.54) is 6.07 Å². The van der Waals surface area contributed by atoms with E-state index in [2.05, 4.69) is 4.98 Å². The van der Waals surface area contributed by atoms with E-state index in [1.807, 2.05) is 0 Å². The Morgan fingerprint density at radius 1 is 1.46 bits per heavy atom. The van der Waals surface area contributed by atoms with Gasteiger partial charge in [0.1, 0.15) is 5.75 Å². The number of aromatic amines is 1. The van der Waals surface area contributed by atoms with Crippen molar-refractivity contribution in [3.8, 4) is 5.75 Å². The maximum Gasteiger partial charge on any atom is 0.166 e. The summed E-state index contributed by atoms with van der Waals surface area (Å²) in [5.41, 5.74) is 0.469. The van der Waals surface area contributed by atoms with Gasteiger partial charge < -0.3 is 10.1 Å². The Morgan fingerprint density at radius 2 is 2.23 bits per heavy atom. The quantitative estimate of drug-likeness (QED) is 0.687. The topological polar surface area (TPSA) is 53.1 Å². The zero-order valence-electron chi connectivity index (χ0n) is 6.54. The Kier molecular flexibility index (Phi) is 1.74. The van der Waals surface area contributed by atoms with Crippen LogP contribution < -0.4 is 0 Å². The van der Waals surface area contributed by atoms with Gasteiger partial charge in [0, 0.05) is 17.0 Å². The molecule has 0 saturated carbocycles. The highest BCUT2D eigenvalue weighted by molar-refractivity contribution is 6.33. The molecular weight excluding hydrogens is 190 g/mol. The van der Waals surface area contributed by atoms with E-state index in [4.69, 9.17) is 11.6 Å². The average molecular weight is 196 g/mol. The Morgan fingerprint density at radius 3 is 2.92 bits per heavy atom. The molecule has 2 aromatic rings. The zero-order chi connectivity index (χ0) is 9.42. The standard InChI is InChI=1S/C9H6ClNO2/c10-7-2-6-5(1-9(7)13)3-11-8(6)4-12/h1-4,11,13H. The lowest BCUT2D eigenvalue weighted by atomic mass is 10.2. The number of carbonyl (C=O) groups is 1. The number of phenols is 1. The van der Waals surface area contributed by atoms with Crippen LogP contribution in [-0.2, 0) is 0 Å². The number of halogens is 1. The van der Waals surface area contributed by atoms with Gasteiger partial charge in [-0.1, -0.05) is 11.6 Å². The van der Waals surface area contributed by atoms with Crippen LogP contribution >= 0.6 is 11.6 Å². The lowest BCUT2D eigenvalue weighted by molar-refractivity contribution is 0.112. The van der Waals surface area contributed by atoms with Crippen molar-refractivity contribution < 1.29 is 9.90 Å². The number of nitrogens with one attached hydrogen (secondary N) is 1. The van der Waals surface area contributed by atoms with E-state index in [0.717, 1.165) is 17.1 Å². The van der Waals surface area contributed by atoms with Gasteiger partial charge in [-0.15, -0.1) is 0 Å². The molecule has 2 rings (SSSR count). The first-order chi connectivity index (χ1) is 6.22. The molecule has 13 heavy (non-hydrogen) atoms. The molecule has 1 heterocycles. The van der Waals surface area contributed by atoms with Crippen LogP contribution in [0.15, 0.2) is 18.3 Å². The fraction of sp³-hybridized carbons (Fsp3) is 0. The molecule has 0 amide bonds. The first-order valence-corrected chi connectivity index (χ1v) is 4.05. The number of phenolic OH excluding ortho intramolecular Hbond substituents is 1. The normalized spacial score (nSPS) is 10.5. The molecular formula is C9H6ClNO2. The second-order valence-electron chi connectivity index (χ2n) is 2.71. The van der Waals surface area contributed by atoms with E-state index < -0.39 is 0 Å². The monoisotopic (exact) mass is 195 g/mol. The molecule has 0 bridgehead atoms. The molecule has 0 atom stereocenters. The van der Waals surface area contributed by atoms with Gasteiger partial charge in [-0.2, -0.15) is 0 Å². The molecule has 2 N–H and O–H groups in total. The van der Waals surface area contributed by atoms with Crippen molar-refractivity contribution in [1.82, 2.24) is 4.98 Å². The molecule has 4 heteroatoms. The number of rotatable bonds is 1. The Labute approximate surface area is 78.9 Å². The van der Waals surface area contributed by atoms with Crippen molar-refractivity contribution in [3.63, 3.8) is 0 Å². The number of fused-ring (bicyclic) bond motifs is 1. The predicted octanol–water partition coefficient (Wildman–Crippen LogP) is 2.34. The average Bonchev–Trinajstić information content (AvgIpc) is 2.48. The Bertz CT molecular complexity index is 476. The van der Waals surface area contributed by atoms with Gasteiger partial charge in [0.05, 0.1) is 10.7 Å². The van der Waals surface area contributed by atoms with Gasteiger partial charge in [0.2, 0.25) is 0 Å². The van der Waals surface area contributed by atoms with Crippen LogP contribution in [-0.4, -0.2) is 16.4 Å². The van der Waals surface area contributed by atoms with Crippen LogP contribution in [0.1, 0.15) is 10.5 Å². The van der Waals surface area contributed by atoms with Crippen molar-refractivity contribution in [2.24, 2.45) is 0 Å². The summed E-state index contributed by atoms with van der Waals surface area (Å²) in [4.78, 5) is 13.3. The number of aldehydes is 1. The summed E-state index contributed by atoms with van der Waals surface area (Å²) in [5.74, 6) is 0.0191. The molecule has 0 aliphatic heterocycles. The van der Waals surface area contributed by atoms with Crippen LogP contribution in [0.2, 0.25) is 5.02 Å². The van der Waals surface area contributed by atoms with Gasteiger partial charge in [0.25, 0.3) is 0 Å². The van der Waals surface area contributed by atoms with Crippen molar-refractivity contribution in [3.05, 3.63) is 29.0 Å². The van der Waals surface area contributed by atoms with E-state index in [9.17, 15) is 9.90 Å². The van der Waals surface area contributed by atoms with Crippen molar-refractivity contribution in [2.45, 2.75) is 0 Å². The third-order valence-corrected chi connectivity index (χ3v) is 2.21. The van der Waals surface area contributed by atoms with Crippen LogP contribution in [0, 0.1) is 0 Å². The van der Waals surface area contributed by atoms with Crippen molar-refractivity contribution in [1.29, 1.82) is 0 Å². The molecule has 0 fully saturated rings. The van der Waals surface area contributed by atoms with Gasteiger partial charge in [-0.3, -0.25) is 4.79 Å². The van der Waals surface area contributed by atoms with E-state index in [1.54, 1.807) is 12.3 Å². The Hall–Kier alpha value is -1.48. The summed E-state index contributed by atoms with van der Waals surface area (Å²) in [7, 11) is 0. The fourth-order valence-electron chi connectivity index (χ4n) is 1.26. The predicted molar refractivity (Wildman–Crippen MR) is 50.4 cm³/mol. The first kappa shape index (κ1) is 8.13. The third-order valence-electron chi connectivity index (χ3n) is 1.91. The van der Waals surface area contributed by atoms with Crippen LogP contribution in [0.3, 0.4) is 0 Å². The van der Waals surface area contributed by atoms with Gasteiger partial charge >= 0.3 is 0 Å². The van der Waals surface area contributed by atoms with Crippen LogP contribution in [0.5, 0.6) is 5.75 Å². The number of carbonyl (C=O) groups excluding carboxylic acids is 1. The minimum absolute atomic E-state index is 0.0191. The summed E-state index contributed by atoms with van der Waals surface area (Å²) in [6.45, 7) is 0. The van der Waals surface area contributed by atoms with Gasteiger partial charge in [-0.05, 0) is 12.1 Å².